The number of halogens is 7. The van der Waals surface area contributed by atoms with Crippen molar-refractivity contribution >= 4 is 11.6 Å². The first-order chi connectivity index (χ1) is 5.60. The van der Waals surface area contributed by atoms with Gasteiger partial charge in [0.15, 0.2) is 0 Å². The Labute approximate surface area is 74.3 Å². The van der Waals surface area contributed by atoms with E-state index in [1.807, 2.05) is 0 Å². The lowest BCUT2D eigenvalue weighted by Crippen LogP contribution is -2.42. The molecule has 0 aliphatic carbocycles. The van der Waals surface area contributed by atoms with E-state index in [9.17, 15) is 26.3 Å². The second kappa shape index (κ2) is 3.91. The molecule has 0 amide bonds. The van der Waals surface area contributed by atoms with Gasteiger partial charge in [-0.05, 0) is 0 Å². The van der Waals surface area contributed by atoms with Gasteiger partial charge in [0.05, 0.1) is 6.61 Å². The van der Waals surface area contributed by atoms with Gasteiger partial charge in [-0.15, -0.1) is 11.6 Å². The number of rotatable bonds is 2. The summed E-state index contributed by atoms with van der Waals surface area (Å²) in [5, 5.41) is 4.98. The molecule has 0 heterocycles. The third-order valence-corrected chi connectivity index (χ3v) is 1.83. The third-order valence-electron chi connectivity index (χ3n) is 1.28. The van der Waals surface area contributed by atoms with Gasteiger partial charge in [0.1, 0.15) is 11.3 Å². The minimum atomic E-state index is -5.18. The van der Waals surface area contributed by atoms with E-state index in [1.165, 1.54) is 0 Å². The molecule has 0 aliphatic rings. The predicted octanol–water partition coefficient (Wildman–Crippen LogP) is 2.33. The average molecular weight is 231 g/mol. The first-order valence-electron chi connectivity index (χ1n) is 2.99. The summed E-state index contributed by atoms with van der Waals surface area (Å²) in [4.78, 5) is 0. The Hall–Kier alpha value is -0.170. The standard InChI is InChI=1S/C5H5ClF6O/c6-3(5(10,11)12)2(1-13)4(7,8)9/h2-3,13H,1H2. The molecule has 0 spiro atoms. The Morgan fingerprint density at radius 2 is 1.38 bits per heavy atom. The van der Waals surface area contributed by atoms with E-state index in [0.717, 1.165) is 0 Å². The zero-order chi connectivity index (χ0) is 10.9. The average Bonchev–Trinajstić information content (AvgIpc) is 1.83. The van der Waals surface area contributed by atoms with Gasteiger partial charge in [-0.1, -0.05) is 0 Å². The van der Waals surface area contributed by atoms with Gasteiger partial charge in [0, 0.05) is 0 Å². The second-order valence-electron chi connectivity index (χ2n) is 2.27. The predicted molar refractivity (Wildman–Crippen MR) is 32.3 cm³/mol. The van der Waals surface area contributed by atoms with E-state index in [4.69, 9.17) is 5.11 Å². The molecular formula is C5H5ClF6O. The molecule has 1 N–H and O–H groups in total. The van der Waals surface area contributed by atoms with Crippen LogP contribution in [0.4, 0.5) is 26.3 Å². The first kappa shape index (κ1) is 12.8. The van der Waals surface area contributed by atoms with Crippen LogP contribution in [0, 0.1) is 5.92 Å². The van der Waals surface area contributed by atoms with Crippen LogP contribution in [0.1, 0.15) is 0 Å². The van der Waals surface area contributed by atoms with Crippen molar-refractivity contribution in [1.29, 1.82) is 0 Å². The quantitative estimate of drug-likeness (QED) is 0.570. The second-order valence-corrected chi connectivity index (χ2v) is 2.74. The SMILES string of the molecule is OCC(C(Cl)C(F)(F)F)C(F)(F)F. The van der Waals surface area contributed by atoms with Crippen LogP contribution in [0.2, 0.25) is 0 Å². The highest BCUT2D eigenvalue weighted by Gasteiger charge is 2.54. The molecule has 0 saturated carbocycles. The van der Waals surface area contributed by atoms with Crippen molar-refractivity contribution in [2.24, 2.45) is 5.92 Å². The number of hydrogen-bond acceptors (Lipinski definition) is 1. The van der Waals surface area contributed by atoms with Crippen molar-refractivity contribution in [2.45, 2.75) is 17.7 Å². The van der Waals surface area contributed by atoms with E-state index in [-0.39, 0.29) is 0 Å². The highest BCUT2D eigenvalue weighted by molar-refractivity contribution is 6.21. The Bertz CT molecular complexity index is 163. The van der Waals surface area contributed by atoms with Gasteiger partial charge in [0.25, 0.3) is 0 Å². The summed E-state index contributed by atoms with van der Waals surface area (Å²) in [7, 11) is 0. The third kappa shape index (κ3) is 3.60. The van der Waals surface area contributed by atoms with Crippen LogP contribution in [-0.2, 0) is 0 Å². The van der Waals surface area contributed by atoms with Crippen LogP contribution >= 0.6 is 11.6 Å². The maximum Gasteiger partial charge on any atom is 0.405 e. The molecule has 2 unspecified atom stereocenters. The van der Waals surface area contributed by atoms with Crippen LogP contribution in [0.5, 0.6) is 0 Å². The van der Waals surface area contributed by atoms with Crippen molar-refractivity contribution < 1.29 is 31.4 Å². The van der Waals surface area contributed by atoms with E-state index >= 15 is 0 Å². The Morgan fingerprint density at radius 1 is 1.00 bits per heavy atom. The zero-order valence-electron chi connectivity index (χ0n) is 5.95. The van der Waals surface area contributed by atoms with Crippen LogP contribution in [0.25, 0.3) is 0 Å². The Morgan fingerprint density at radius 3 is 1.46 bits per heavy atom. The smallest absolute Gasteiger partial charge is 0.396 e. The summed E-state index contributed by atoms with van der Waals surface area (Å²) in [5.74, 6) is -2.98. The fourth-order valence-electron chi connectivity index (χ4n) is 0.590. The van der Waals surface area contributed by atoms with E-state index in [1.54, 1.807) is 0 Å². The lowest BCUT2D eigenvalue weighted by molar-refractivity contribution is -0.222. The van der Waals surface area contributed by atoms with Crippen molar-refractivity contribution in [2.75, 3.05) is 6.61 Å². The summed E-state index contributed by atoms with van der Waals surface area (Å²) >= 11 is 4.50. The molecule has 0 aliphatic heterocycles. The molecule has 0 aromatic rings. The highest BCUT2D eigenvalue weighted by Crippen LogP contribution is 2.38. The van der Waals surface area contributed by atoms with Gasteiger partial charge >= 0.3 is 12.4 Å². The number of alkyl halides is 7. The molecule has 8 heteroatoms. The summed E-state index contributed by atoms with van der Waals surface area (Å²) in [6.07, 6.45) is -10.3. The van der Waals surface area contributed by atoms with Crippen LogP contribution in [0.3, 0.4) is 0 Å². The number of hydrogen-bond donors (Lipinski definition) is 1. The normalized spacial score (nSPS) is 18.5. The van der Waals surface area contributed by atoms with Crippen molar-refractivity contribution in [3.63, 3.8) is 0 Å². The van der Waals surface area contributed by atoms with Gasteiger partial charge in [-0.3, -0.25) is 0 Å². The van der Waals surface area contributed by atoms with Gasteiger partial charge in [0.2, 0.25) is 0 Å². The highest BCUT2D eigenvalue weighted by atomic mass is 35.5. The topological polar surface area (TPSA) is 20.2 Å². The summed E-state index contributed by atoms with van der Waals surface area (Å²) in [6, 6.07) is 0. The van der Waals surface area contributed by atoms with Crippen LogP contribution in [0.15, 0.2) is 0 Å². The lowest BCUT2D eigenvalue weighted by Gasteiger charge is -2.24. The van der Waals surface area contributed by atoms with Crippen LogP contribution < -0.4 is 0 Å². The summed E-state index contributed by atoms with van der Waals surface area (Å²) < 4.78 is 70.3. The molecule has 13 heavy (non-hydrogen) atoms. The summed E-state index contributed by atoms with van der Waals surface area (Å²) in [6.45, 7) is -1.68. The van der Waals surface area contributed by atoms with E-state index in [2.05, 4.69) is 11.6 Å². The number of aliphatic hydroxyl groups excluding tert-OH is 1. The maximum atomic E-state index is 11.8. The Kier molecular flexibility index (Phi) is 3.86. The minimum Gasteiger partial charge on any atom is -0.396 e. The zero-order valence-corrected chi connectivity index (χ0v) is 6.71. The van der Waals surface area contributed by atoms with Gasteiger partial charge in [-0.2, -0.15) is 26.3 Å². The molecule has 0 radical (unpaired) electrons. The van der Waals surface area contributed by atoms with Gasteiger partial charge < -0.3 is 5.11 Å². The molecule has 0 fully saturated rings. The summed E-state index contributed by atoms with van der Waals surface area (Å²) in [5.41, 5.74) is 0. The molecule has 0 saturated heterocycles. The van der Waals surface area contributed by atoms with Gasteiger partial charge in [-0.25, -0.2) is 0 Å². The fourth-order valence-corrected chi connectivity index (χ4v) is 0.813. The molecule has 2 atom stereocenters. The first-order valence-corrected chi connectivity index (χ1v) is 3.42. The van der Waals surface area contributed by atoms with Crippen LogP contribution in [-0.4, -0.2) is 29.4 Å². The number of aliphatic hydroxyl groups is 1. The molecule has 0 aromatic carbocycles. The monoisotopic (exact) mass is 230 g/mol. The van der Waals surface area contributed by atoms with Crippen molar-refractivity contribution in [1.82, 2.24) is 0 Å². The molecule has 80 valence electrons. The minimum absolute atomic E-state index is 1.68. The fraction of sp³-hybridized carbons (Fsp3) is 1.00. The van der Waals surface area contributed by atoms with E-state index in [0.29, 0.717) is 0 Å². The molecule has 0 aromatic heterocycles. The Balaban J connectivity index is 4.61. The van der Waals surface area contributed by atoms with E-state index < -0.39 is 30.3 Å². The molecule has 1 nitrogen and oxygen atoms in total. The lowest BCUT2D eigenvalue weighted by atomic mass is 10.1. The molecular weight excluding hydrogens is 225 g/mol. The maximum absolute atomic E-state index is 11.8. The van der Waals surface area contributed by atoms with Crippen molar-refractivity contribution in [3.8, 4) is 0 Å². The largest absolute Gasteiger partial charge is 0.405 e. The molecule has 0 rings (SSSR count). The van der Waals surface area contributed by atoms with Crippen molar-refractivity contribution in [3.05, 3.63) is 0 Å². The molecule has 0 bridgehead atoms.